The number of halogens is 3. The Morgan fingerprint density at radius 1 is 1.26 bits per heavy atom. The third kappa shape index (κ3) is 2.55. The van der Waals surface area contributed by atoms with Gasteiger partial charge in [-0.05, 0) is 6.92 Å². The van der Waals surface area contributed by atoms with E-state index in [0.717, 1.165) is 10.9 Å². The Labute approximate surface area is 127 Å². The SMILES string of the molecule is Cc1nc(C(F)(F)F)c2ncn(C3O[C@H](CO)[C@@H](O)[C@H]3O)c2n1. The highest BCUT2D eigenvalue weighted by Gasteiger charge is 2.45. The van der Waals surface area contributed by atoms with Crippen molar-refractivity contribution in [3.8, 4) is 0 Å². The second-order valence-corrected chi connectivity index (χ2v) is 5.17. The molecule has 1 saturated heterocycles. The van der Waals surface area contributed by atoms with Crippen molar-refractivity contribution in [2.75, 3.05) is 6.61 Å². The zero-order valence-electron chi connectivity index (χ0n) is 11.8. The maximum atomic E-state index is 13.0. The number of imidazole rings is 1. The Morgan fingerprint density at radius 3 is 2.52 bits per heavy atom. The van der Waals surface area contributed by atoms with Crippen molar-refractivity contribution in [3.63, 3.8) is 0 Å². The monoisotopic (exact) mass is 334 g/mol. The molecule has 11 heteroatoms. The standard InChI is InChI=1S/C12H13F3N4O4/c1-4-17-9(12(13,14)15)6-10(18-4)19(3-16-6)11-8(22)7(21)5(2-20)23-11/h3,5,7-8,11,20-22H,2H2,1H3/t5-,7-,8-,11?/m1/s1. The molecule has 0 aliphatic carbocycles. The molecule has 0 radical (unpaired) electrons. The zero-order chi connectivity index (χ0) is 16.9. The molecule has 3 rings (SSSR count). The van der Waals surface area contributed by atoms with Crippen molar-refractivity contribution >= 4 is 11.2 Å². The van der Waals surface area contributed by atoms with Crippen LogP contribution in [0.3, 0.4) is 0 Å². The Hall–Kier alpha value is -1.82. The van der Waals surface area contributed by atoms with E-state index in [1.807, 2.05) is 0 Å². The van der Waals surface area contributed by atoms with Gasteiger partial charge in [0.1, 0.15) is 29.7 Å². The van der Waals surface area contributed by atoms with Gasteiger partial charge in [0.05, 0.1) is 12.9 Å². The van der Waals surface area contributed by atoms with Gasteiger partial charge in [-0.25, -0.2) is 15.0 Å². The summed E-state index contributed by atoms with van der Waals surface area (Å²) in [7, 11) is 0. The van der Waals surface area contributed by atoms with Gasteiger partial charge >= 0.3 is 6.18 Å². The van der Waals surface area contributed by atoms with E-state index in [-0.39, 0.29) is 11.5 Å². The van der Waals surface area contributed by atoms with E-state index >= 15 is 0 Å². The van der Waals surface area contributed by atoms with Crippen LogP contribution in [0.4, 0.5) is 13.2 Å². The molecule has 0 bridgehead atoms. The Bertz CT molecular complexity index is 735. The number of nitrogens with zero attached hydrogens (tertiary/aromatic N) is 4. The van der Waals surface area contributed by atoms with Crippen LogP contribution >= 0.6 is 0 Å². The van der Waals surface area contributed by atoms with Gasteiger partial charge in [0.25, 0.3) is 0 Å². The molecule has 1 aliphatic heterocycles. The molecule has 2 aromatic heterocycles. The molecule has 0 amide bonds. The first-order valence-electron chi connectivity index (χ1n) is 6.65. The highest BCUT2D eigenvalue weighted by Crippen LogP contribution is 2.35. The summed E-state index contributed by atoms with van der Waals surface area (Å²) in [5.41, 5.74) is -1.86. The molecule has 1 aliphatic rings. The summed E-state index contributed by atoms with van der Waals surface area (Å²) in [5.74, 6) is -0.127. The fourth-order valence-electron chi connectivity index (χ4n) is 2.52. The predicted molar refractivity (Wildman–Crippen MR) is 68.1 cm³/mol. The molecule has 3 N–H and O–H groups in total. The summed E-state index contributed by atoms with van der Waals surface area (Å²) in [6, 6.07) is 0. The molecule has 4 atom stereocenters. The van der Waals surface area contributed by atoms with Crippen LogP contribution in [0, 0.1) is 6.92 Å². The van der Waals surface area contributed by atoms with Crippen molar-refractivity contribution in [2.24, 2.45) is 0 Å². The van der Waals surface area contributed by atoms with Crippen LogP contribution in [0.1, 0.15) is 17.7 Å². The molecule has 0 spiro atoms. The molecule has 3 heterocycles. The van der Waals surface area contributed by atoms with Gasteiger partial charge in [-0.1, -0.05) is 0 Å². The van der Waals surface area contributed by atoms with Gasteiger partial charge in [0.15, 0.2) is 17.6 Å². The summed E-state index contributed by atoms with van der Waals surface area (Å²) < 4.78 is 45.5. The third-order valence-electron chi connectivity index (χ3n) is 3.59. The third-order valence-corrected chi connectivity index (χ3v) is 3.59. The average molecular weight is 334 g/mol. The second-order valence-electron chi connectivity index (χ2n) is 5.17. The number of aromatic nitrogens is 4. The van der Waals surface area contributed by atoms with Crippen LogP contribution < -0.4 is 0 Å². The highest BCUT2D eigenvalue weighted by molar-refractivity contribution is 5.74. The number of aliphatic hydroxyl groups excluding tert-OH is 3. The van der Waals surface area contributed by atoms with Crippen LogP contribution in [0.15, 0.2) is 6.33 Å². The van der Waals surface area contributed by atoms with Crippen molar-refractivity contribution in [2.45, 2.75) is 37.6 Å². The summed E-state index contributed by atoms with van der Waals surface area (Å²) >= 11 is 0. The molecule has 2 aromatic rings. The predicted octanol–water partition coefficient (Wildman–Crippen LogP) is -0.235. The lowest BCUT2D eigenvalue weighted by Gasteiger charge is -2.17. The van der Waals surface area contributed by atoms with Gasteiger partial charge in [0.2, 0.25) is 0 Å². The van der Waals surface area contributed by atoms with E-state index in [2.05, 4.69) is 15.0 Å². The van der Waals surface area contributed by atoms with Crippen LogP contribution in [-0.4, -0.2) is 59.8 Å². The fraction of sp³-hybridized carbons (Fsp3) is 0.583. The molecular formula is C12H13F3N4O4. The highest BCUT2D eigenvalue weighted by atomic mass is 19.4. The maximum absolute atomic E-state index is 13.0. The molecule has 0 aromatic carbocycles. The number of hydrogen-bond donors (Lipinski definition) is 3. The quantitative estimate of drug-likeness (QED) is 0.695. The van der Waals surface area contributed by atoms with Gasteiger partial charge < -0.3 is 20.1 Å². The van der Waals surface area contributed by atoms with Crippen molar-refractivity contribution in [1.29, 1.82) is 0 Å². The van der Waals surface area contributed by atoms with E-state index in [1.165, 1.54) is 6.92 Å². The van der Waals surface area contributed by atoms with E-state index in [0.29, 0.717) is 0 Å². The fourth-order valence-corrected chi connectivity index (χ4v) is 2.52. The van der Waals surface area contributed by atoms with Crippen molar-refractivity contribution in [3.05, 3.63) is 17.8 Å². The topological polar surface area (TPSA) is 114 Å². The van der Waals surface area contributed by atoms with E-state index < -0.39 is 48.5 Å². The molecule has 0 saturated carbocycles. The number of aryl methyl sites for hydroxylation is 1. The molecule has 126 valence electrons. The average Bonchev–Trinajstić information content (AvgIpc) is 3.00. The van der Waals surface area contributed by atoms with E-state index in [1.54, 1.807) is 0 Å². The number of alkyl halides is 3. The summed E-state index contributed by atoms with van der Waals surface area (Å²) in [6.07, 6.45) is -8.80. The second kappa shape index (κ2) is 5.37. The first-order valence-corrected chi connectivity index (χ1v) is 6.65. The molecule has 1 fully saturated rings. The van der Waals surface area contributed by atoms with E-state index in [4.69, 9.17) is 9.84 Å². The summed E-state index contributed by atoms with van der Waals surface area (Å²) in [6.45, 7) is 0.743. The minimum absolute atomic E-state index is 0.127. The van der Waals surface area contributed by atoms with Crippen LogP contribution in [0.25, 0.3) is 11.2 Å². The lowest BCUT2D eigenvalue weighted by atomic mass is 10.1. The molecule has 8 nitrogen and oxygen atoms in total. The van der Waals surface area contributed by atoms with Gasteiger partial charge in [-0.3, -0.25) is 4.57 Å². The van der Waals surface area contributed by atoms with E-state index in [9.17, 15) is 23.4 Å². The van der Waals surface area contributed by atoms with Crippen molar-refractivity contribution < 1.29 is 33.2 Å². The number of aliphatic hydroxyl groups is 3. The number of rotatable bonds is 2. The number of ether oxygens (including phenoxy) is 1. The summed E-state index contributed by atoms with van der Waals surface area (Å²) in [4.78, 5) is 11.0. The summed E-state index contributed by atoms with van der Waals surface area (Å²) in [5, 5.41) is 28.8. The van der Waals surface area contributed by atoms with Gasteiger partial charge in [-0.15, -0.1) is 0 Å². The molecule has 1 unspecified atom stereocenters. The smallest absolute Gasteiger partial charge is 0.394 e. The minimum Gasteiger partial charge on any atom is -0.394 e. The normalized spacial score (nSPS) is 28.7. The van der Waals surface area contributed by atoms with Gasteiger partial charge in [0, 0.05) is 0 Å². The first-order chi connectivity index (χ1) is 10.7. The Balaban J connectivity index is 2.12. The van der Waals surface area contributed by atoms with Crippen molar-refractivity contribution in [1.82, 2.24) is 19.5 Å². The lowest BCUT2D eigenvalue weighted by molar-refractivity contribution is -0.140. The Morgan fingerprint density at radius 2 is 1.96 bits per heavy atom. The largest absolute Gasteiger partial charge is 0.435 e. The molecule has 23 heavy (non-hydrogen) atoms. The minimum atomic E-state index is -4.71. The maximum Gasteiger partial charge on any atom is 0.435 e. The molecular weight excluding hydrogens is 321 g/mol. The van der Waals surface area contributed by atoms with Crippen LogP contribution in [-0.2, 0) is 10.9 Å². The zero-order valence-corrected chi connectivity index (χ0v) is 11.8. The van der Waals surface area contributed by atoms with Gasteiger partial charge in [-0.2, -0.15) is 13.2 Å². The van der Waals surface area contributed by atoms with Crippen LogP contribution in [0.2, 0.25) is 0 Å². The number of fused-ring (bicyclic) bond motifs is 1. The van der Waals surface area contributed by atoms with Crippen LogP contribution in [0.5, 0.6) is 0 Å². The Kier molecular flexibility index (Phi) is 3.75. The number of hydrogen-bond acceptors (Lipinski definition) is 7. The lowest BCUT2D eigenvalue weighted by Crippen LogP contribution is -2.33. The first kappa shape index (κ1) is 16.1.